The molecule has 0 saturated heterocycles. The van der Waals surface area contributed by atoms with Gasteiger partial charge in [0.2, 0.25) is 10.0 Å². The van der Waals surface area contributed by atoms with Crippen LogP contribution in [-0.2, 0) is 10.0 Å². The highest BCUT2D eigenvalue weighted by Crippen LogP contribution is 2.21. The predicted octanol–water partition coefficient (Wildman–Crippen LogP) is 3.41. The van der Waals surface area contributed by atoms with Crippen LogP contribution in [0.1, 0.15) is 36.1 Å². The smallest absolute Gasteiger partial charge is 0.238 e. The summed E-state index contributed by atoms with van der Waals surface area (Å²) < 4.78 is 28.5. The first-order chi connectivity index (χ1) is 12.2. The Morgan fingerprint density at radius 1 is 1.08 bits per heavy atom. The normalized spacial score (nSPS) is 13.0. The van der Waals surface area contributed by atoms with Crippen LogP contribution in [0.5, 0.6) is 5.75 Å². The van der Waals surface area contributed by atoms with Crippen LogP contribution in [0.2, 0.25) is 0 Å². The van der Waals surface area contributed by atoms with Crippen LogP contribution in [0.25, 0.3) is 0 Å². The zero-order valence-corrected chi connectivity index (χ0v) is 16.7. The lowest BCUT2D eigenvalue weighted by atomic mass is 10.1. The second-order valence-corrected chi connectivity index (χ2v) is 8.28. The second kappa shape index (κ2) is 8.66. The summed E-state index contributed by atoms with van der Waals surface area (Å²) >= 11 is 0. The molecule has 0 radical (unpaired) electrons. The Balaban J connectivity index is 1.83. The van der Waals surface area contributed by atoms with Crippen molar-refractivity contribution >= 4 is 10.0 Å². The molecule has 2 N–H and O–H groups in total. The number of hydrogen-bond acceptors (Lipinski definition) is 4. The molecular weight excluding hydrogens is 348 g/mol. The molecule has 0 spiro atoms. The Morgan fingerprint density at radius 3 is 2.31 bits per heavy atom. The molecule has 0 amide bonds. The highest BCUT2D eigenvalue weighted by Gasteiger charge is 2.13. The molecule has 2 aromatic rings. The molecule has 1 atom stereocenters. The molecule has 0 aliphatic carbocycles. The third kappa shape index (κ3) is 5.56. The van der Waals surface area contributed by atoms with E-state index in [1.165, 1.54) is 11.1 Å². The molecule has 0 aliphatic rings. The Bertz CT molecular complexity index is 833. The van der Waals surface area contributed by atoms with Crippen LogP contribution in [0.4, 0.5) is 0 Å². The van der Waals surface area contributed by atoms with E-state index in [9.17, 15) is 8.42 Å². The molecule has 0 heterocycles. The summed E-state index contributed by atoms with van der Waals surface area (Å²) in [7, 11) is -1.60. The zero-order valence-electron chi connectivity index (χ0n) is 15.9. The fraction of sp³-hybridized carbons (Fsp3) is 0.400. The van der Waals surface area contributed by atoms with Crippen molar-refractivity contribution in [2.75, 3.05) is 20.2 Å². The van der Waals surface area contributed by atoms with E-state index in [0.717, 1.165) is 24.3 Å². The van der Waals surface area contributed by atoms with Crippen LogP contribution < -0.4 is 9.88 Å². The first kappa shape index (κ1) is 20.4. The van der Waals surface area contributed by atoms with E-state index in [1.807, 2.05) is 25.2 Å². The predicted molar refractivity (Wildman–Crippen MR) is 105 cm³/mol. The summed E-state index contributed by atoms with van der Waals surface area (Å²) in [6.07, 6.45) is 0.906. The minimum absolute atomic E-state index is 0.137. The van der Waals surface area contributed by atoms with Gasteiger partial charge < -0.3 is 4.74 Å². The molecule has 2 aromatic carbocycles. The molecule has 0 fully saturated rings. The van der Waals surface area contributed by atoms with Gasteiger partial charge >= 0.3 is 0 Å². The van der Waals surface area contributed by atoms with Crippen molar-refractivity contribution in [1.29, 1.82) is 0 Å². The number of nitrogens with two attached hydrogens (primary N) is 1. The third-order valence-electron chi connectivity index (χ3n) is 4.75. The van der Waals surface area contributed by atoms with Crippen LogP contribution in [0.15, 0.2) is 47.4 Å². The summed E-state index contributed by atoms with van der Waals surface area (Å²) in [5.41, 5.74) is 3.55. The van der Waals surface area contributed by atoms with Gasteiger partial charge in [-0.1, -0.05) is 18.2 Å². The molecule has 0 bridgehead atoms. The quantitative estimate of drug-likeness (QED) is 0.717. The average Bonchev–Trinajstić information content (AvgIpc) is 2.60. The maximum absolute atomic E-state index is 11.3. The Labute approximate surface area is 156 Å². The van der Waals surface area contributed by atoms with Gasteiger partial charge in [0.15, 0.2) is 0 Å². The van der Waals surface area contributed by atoms with Gasteiger partial charge in [-0.05, 0) is 75.2 Å². The lowest BCUT2D eigenvalue weighted by Gasteiger charge is -2.25. The Morgan fingerprint density at radius 2 is 1.73 bits per heavy atom. The van der Waals surface area contributed by atoms with Crippen molar-refractivity contribution < 1.29 is 13.2 Å². The monoisotopic (exact) mass is 376 g/mol. The molecular formula is C20H28N2O3S. The van der Waals surface area contributed by atoms with Gasteiger partial charge in [-0.3, -0.25) is 4.90 Å². The van der Waals surface area contributed by atoms with Gasteiger partial charge in [-0.15, -0.1) is 0 Å². The van der Waals surface area contributed by atoms with Crippen molar-refractivity contribution in [3.63, 3.8) is 0 Å². The van der Waals surface area contributed by atoms with Crippen molar-refractivity contribution in [3.8, 4) is 5.75 Å². The number of ether oxygens (including phenoxy) is 1. The first-order valence-corrected chi connectivity index (χ1v) is 10.3. The van der Waals surface area contributed by atoms with Gasteiger partial charge in [0.05, 0.1) is 11.5 Å². The second-order valence-electron chi connectivity index (χ2n) is 6.72. The number of aryl methyl sites for hydroxylation is 2. The van der Waals surface area contributed by atoms with Crippen molar-refractivity contribution in [1.82, 2.24) is 4.90 Å². The van der Waals surface area contributed by atoms with E-state index in [4.69, 9.17) is 9.88 Å². The summed E-state index contributed by atoms with van der Waals surface area (Å²) in [4.78, 5) is 2.35. The fourth-order valence-electron chi connectivity index (χ4n) is 2.69. The maximum atomic E-state index is 11.3. The van der Waals surface area contributed by atoms with E-state index in [0.29, 0.717) is 6.61 Å². The van der Waals surface area contributed by atoms with Gasteiger partial charge in [0.1, 0.15) is 5.75 Å². The van der Waals surface area contributed by atoms with Crippen molar-refractivity contribution in [2.45, 2.75) is 38.1 Å². The van der Waals surface area contributed by atoms with E-state index >= 15 is 0 Å². The molecule has 2 rings (SSSR count). The van der Waals surface area contributed by atoms with Crippen LogP contribution >= 0.6 is 0 Å². The molecule has 26 heavy (non-hydrogen) atoms. The molecule has 5 nitrogen and oxygen atoms in total. The van der Waals surface area contributed by atoms with Crippen LogP contribution in [0.3, 0.4) is 0 Å². The number of rotatable bonds is 8. The number of nitrogens with zero attached hydrogens (tertiary/aromatic N) is 1. The topological polar surface area (TPSA) is 72.6 Å². The molecule has 0 aliphatic heterocycles. The van der Waals surface area contributed by atoms with E-state index in [-0.39, 0.29) is 10.9 Å². The van der Waals surface area contributed by atoms with Gasteiger partial charge in [-0.2, -0.15) is 0 Å². The molecule has 0 saturated carbocycles. The summed E-state index contributed by atoms with van der Waals surface area (Å²) in [5.74, 6) is 0.905. The van der Waals surface area contributed by atoms with Crippen LogP contribution in [0, 0.1) is 13.8 Å². The minimum atomic E-state index is -3.65. The highest BCUT2D eigenvalue weighted by atomic mass is 32.2. The number of hydrogen-bond donors (Lipinski definition) is 1. The van der Waals surface area contributed by atoms with Crippen molar-refractivity contribution in [2.24, 2.45) is 5.14 Å². The molecule has 0 unspecified atom stereocenters. The number of primary sulfonamides is 1. The lowest BCUT2D eigenvalue weighted by Crippen LogP contribution is -2.25. The van der Waals surface area contributed by atoms with E-state index in [2.05, 4.69) is 37.8 Å². The SMILES string of the molecule is Cc1ccc(OCCCN(C)[C@H](C)c2ccc(S(N)(=O)=O)cc2)cc1C. The van der Waals surface area contributed by atoms with Crippen molar-refractivity contribution in [3.05, 3.63) is 59.2 Å². The Kier molecular flexibility index (Phi) is 6.81. The lowest BCUT2D eigenvalue weighted by molar-refractivity contribution is 0.226. The maximum Gasteiger partial charge on any atom is 0.238 e. The standard InChI is InChI=1S/C20H28N2O3S/c1-15-6-9-19(14-16(15)2)25-13-5-12-22(4)17(3)18-7-10-20(11-8-18)26(21,23)24/h6-11,14,17H,5,12-13H2,1-4H3,(H2,21,23,24)/t17-/m1/s1. The Hall–Kier alpha value is -1.89. The summed E-state index contributed by atoms with van der Waals surface area (Å²) in [5, 5.41) is 5.14. The fourth-order valence-corrected chi connectivity index (χ4v) is 3.21. The summed E-state index contributed by atoms with van der Waals surface area (Å²) in [6, 6.07) is 13.0. The third-order valence-corrected chi connectivity index (χ3v) is 5.68. The zero-order chi connectivity index (χ0) is 19.3. The highest BCUT2D eigenvalue weighted by molar-refractivity contribution is 7.89. The molecule has 0 aromatic heterocycles. The van der Waals surface area contributed by atoms with Crippen LogP contribution in [-0.4, -0.2) is 33.5 Å². The van der Waals surface area contributed by atoms with Gasteiger partial charge in [-0.25, -0.2) is 13.6 Å². The first-order valence-electron chi connectivity index (χ1n) is 8.71. The number of benzene rings is 2. The number of sulfonamides is 1. The molecule has 142 valence electrons. The van der Waals surface area contributed by atoms with E-state index < -0.39 is 10.0 Å². The largest absolute Gasteiger partial charge is 0.494 e. The van der Waals surface area contributed by atoms with Gasteiger partial charge in [0.25, 0.3) is 0 Å². The summed E-state index contributed by atoms with van der Waals surface area (Å²) in [6.45, 7) is 7.80. The minimum Gasteiger partial charge on any atom is -0.494 e. The average molecular weight is 377 g/mol. The van der Waals surface area contributed by atoms with E-state index in [1.54, 1.807) is 12.1 Å². The van der Waals surface area contributed by atoms with Gasteiger partial charge in [0, 0.05) is 12.6 Å². The molecule has 6 heteroatoms.